The third-order valence-corrected chi connectivity index (χ3v) is 3.94. The van der Waals surface area contributed by atoms with E-state index >= 15 is 0 Å². The smallest absolute Gasteiger partial charge is 0.0629 e. The van der Waals surface area contributed by atoms with Crippen LogP contribution < -0.4 is 0 Å². The lowest BCUT2D eigenvalue weighted by Gasteiger charge is -2.35. The summed E-state index contributed by atoms with van der Waals surface area (Å²) in [7, 11) is 0. The molecule has 1 saturated heterocycles. The molecule has 2 rings (SSSR count). The summed E-state index contributed by atoms with van der Waals surface area (Å²) >= 11 is 0. The zero-order chi connectivity index (χ0) is 13.2. The van der Waals surface area contributed by atoms with Crippen molar-refractivity contribution in [1.29, 1.82) is 0 Å². The van der Waals surface area contributed by atoms with E-state index in [1.165, 1.54) is 30.4 Å². The van der Waals surface area contributed by atoms with Crippen LogP contribution in [0.15, 0.2) is 24.3 Å². The van der Waals surface area contributed by atoms with E-state index in [9.17, 15) is 0 Å². The molecule has 1 fully saturated rings. The molecule has 1 nitrogen and oxygen atoms in total. The van der Waals surface area contributed by atoms with Crippen molar-refractivity contribution in [2.45, 2.75) is 58.5 Å². The van der Waals surface area contributed by atoms with Crippen molar-refractivity contribution in [3.63, 3.8) is 0 Å². The van der Waals surface area contributed by atoms with E-state index < -0.39 is 0 Å². The molecule has 0 bridgehead atoms. The fourth-order valence-corrected chi connectivity index (χ4v) is 2.94. The first-order chi connectivity index (χ1) is 8.46. The Kier molecular flexibility index (Phi) is 4.11. The molecule has 0 aliphatic carbocycles. The number of hydrogen-bond donors (Lipinski definition) is 0. The van der Waals surface area contributed by atoms with Crippen molar-refractivity contribution in [1.82, 2.24) is 0 Å². The first-order valence-electron chi connectivity index (χ1n) is 7.19. The van der Waals surface area contributed by atoms with E-state index in [2.05, 4.69) is 52.0 Å². The van der Waals surface area contributed by atoms with Gasteiger partial charge in [0.25, 0.3) is 0 Å². The van der Waals surface area contributed by atoms with E-state index in [4.69, 9.17) is 4.74 Å². The van der Waals surface area contributed by atoms with E-state index in [1.807, 2.05) is 0 Å². The van der Waals surface area contributed by atoms with Crippen molar-refractivity contribution in [2.24, 2.45) is 5.92 Å². The van der Waals surface area contributed by atoms with Gasteiger partial charge in [-0.1, -0.05) is 38.1 Å². The average Bonchev–Trinajstić information content (AvgIpc) is 2.28. The van der Waals surface area contributed by atoms with Gasteiger partial charge in [-0.15, -0.1) is 0 Å². The Morgan fingerprint density at radius 2 is 2.11 bits per heavy atom. The second-order valence-corrected chi connectivity index (χ2v) is 6.57. The van der Waals surface area contributed by atoms with Crippen LogP contribution in [0.1, 0.15) is 57.6 Å². The maximum absolute atomic E-state index is 5.80. The first kappa shape index (κ1) is 13.6. The Bertz CT molecular complexity index is 392. The summed E-state index contributed by atoms with van der Waals surface area (Å²) in [5.74, 6) is 1.40. The quantitative estimate of drug-likeness (QED) is 0.760. The average molecular weight is 246 g/mol. The molecule has 0 N–H and O–H groups in total. The third-order valence-electron chi connectivity index (χ3n) is 3.94. The van der Waals surface area contributed by atoms with Crippen LogP contribution in [-0.4, -0.2) is 12.2 Å². The topological polar surface area (TPSA) is 9.23 Å². The molecule has 0 radical (unpaired) electrons. The highest BCUT2D eigenvalue weighted by molar-refractivity contribution is 5.26. The van der Waals surface area contributed by atoms with Crippen molar-refractivity contribution in [3.05, 3.63) is 35.4 Å². The van der Waals surface area contributed by atoms with Crippen molar-refractivity contribution < 1.29 is 4.74 Å². The Balaban J connectivity index is 2.03. The molecule has 1 aromatic carbocycles. The van der Waals surface area contributed by atoms with Gasteiger partial charge in [0.05, 0.1) is 5.60 Å². The van der Waals surface area contributed by atoms with Crippen LogP contribution >= 0.6 is 0 Å². The molecule has 18 heavy (non-hydrogen) atoms. The summed E-state index contributed by atoms with van der Waals surface area (Å²) in [5.41, 5.74) is 3.01. The van der Waals surface area contributed by atoms with Crippen LogP contribution in [0, 0.1) is 5.92 Å². The molecule has 1 heterocycles. The standard InChI is InChI=1S/C17H26O/c1-13(2)16-7-5-6-14(11-16)10-15-8-9-18-17(3,4)12-15/h5-7,11,13,15H,8-10,12H2,1-4H3. The van der Waals surface area contributed by atoms with E-state index in [1.54, 1.807) is 0 Å². The lowest BCUT2D eigenvalue weighted by molar-refractivity contribution is -0.0721. The Hall–Kier alpha value is -0.820. The van der Waals surface area contributed by atoms with Crippen LogP contribution in [0.25, 0.3) is 0 Å². The molecule has 1 heteroatoms. The highest BCUT2D eigenvalue weighted by Crippen LogP contribution is 2.31. The van der Waals surface area contributed by atoms with Gasteiger partial charge in [0.2, 0.25) is 0 Å². The first-order valence-corrected chi connectivity index (χ1v) is 7.19. The third kappa shape index (κ3) is 3.58. The molecule has 100 valence electrons. The van der Waals surface area contributed by atoms with Gasteiger partial charge < -0.3 is 4.74 Å². The van der Waals surface area contributed by atoms with Crippen molar-refractivity contribution in [3.8, 4) is 0 Å². The molecular formula is C17H26O. The van der Waals surface area contributed by atoms with E-state index in [0.717, 1.165) is 12.5 Å². The molecule has 1 atom stereocenters. The normalized spacial score (nSPS) is 23.3. The zero-order valence-corrected chi connectivity index (χ0v) is 12.2. The summed E-state index contributed by atoms with van der Waals surface area (Å²) < 4.78 is 5.80. The van der Waals surface area contributed by atoms with Gasteiger partial charge in [-0.3, -0.25) is 0 Å². The monoisotopic (exact) mass is 246 g/mol. The fourth-order valence-electron chi connectivity index (χ4n) is 2.94. The predicted molar refractivity (Wildman–Crippen MR) is 77.0 cm³/mol. The van der Waals surface area contributed by atoms with Crippen LogP contribution in [0.3, 0.4) is 0 Å². The molecule has 1 aliphatic rings. The second-order valence-electron chi connectivity index (χ2n) is 6.57. The lowest BCUT2D eigenvalue weighted by Crippen LogP contribution is -2.34. The lowest BCUT2D eigenvalue weighted by atomic mass is 9.84. The maximum atomic E-state index is 5.80. The van der Waals surface area contributed by atoms with Gasteiger partial charge in [-0.05, 0) is 56.1 Å². The number of benzene rings is 1. The molecule has 0 spiro atoms. The summed E-state index contributed by atoms with van der Waals surface area (Å²) in [6.07, 6.45) is 3.58. The molecular weight excluding hydrogens is 220 g/mol. The van der Waals surface area contributed by atoms with Crippen molar-refractivity contribution in [2.75, 3.05) is 6.61 Å². The summed E-state index contributed by atoms with van der Waals surface area (Å²) in [4.78, 5) is 0. The van der Waals surface area contributed by atoms with Crippen molar-refractivity contribution >= 4 is 0 Å². The Morgan fingerprint density at radius 3 is 2.78 bits per heavy atom. The summed E-state index contributed by atoms with van der Waals surface area (Å²) in [6, 6.07) is 9.10. The zero-order valence-electron chi connectivity index (χ0n) is 12.2. The van der Waals surface area contributed by atoms with Gasteiger partial charge >= 0.3 is 0 Å². The van der Waals surface area contributed by atoms with Gasteiger partial charge in [-0.25, -0.2) is 0 Å². The van der Waals surface area contributed by atoms with E-state index in [-0.39, 0.29) is 5.60 Å². The van der Waals surface area contributed by atoms with Gasteiger partial charge in [0.1, 0.15) is 0 Å². The number of hydrogen-bond acceptors (Lipinski definition) is 1. The van der Waals surface area contributed by atoms with Crippen LogP contribution in [0.5, 0.6) is 0 Å². The van der Waals surface area contributed by atoms with Gasteiger partial charge in [0.15, 0.2) is 0 Å². The molecule has 1 aliphatic heterocycles. The number of ether oxygens (including phenoxy) is 1. The van der Waals surface area contributed by atoms with Gasteiger partial charge in [0, 0.05) is 6.61 Å². The second kappa shape index (κ2) is 5.44. The molecule has 0 saturated carbocycles. The summed E-state index contributed by atoms with van der Waals surface area (Å²) in [5, 5.41) is 0. The predicted octanol–water partition coefficient (Wildman–Crippen LogP) is 4.56. The summed E-state index contributed by atoms with van der Waals surface area (Å²) in [6.45, 7) is 9.86. The SMILES string of the molecule is CC(C)c1cccc(CC2CCOC(C)(C)C2)c1. The Labute approximate surface area is 112 Å². The van der Waals surface area contributed by atoms with Crippen LogP contribution in [0.2, 0.25) is 0 Å². The molecule has 0 amide bonds. The minimum atomic E-state index is 0.0680. The molecule has 1 aromatic rings. The van der Waals surface area contributed by atoms with Gasteiger partial charge in [-0.2, -0.15) is 0 Å². The minimum absolute atomic E-state index is 0.0680. The van der Waals surface area contributed by atoms with E-state index in [0.29, 0.717) is 5.92 Å². The largest absolute Gasteiger partial charge is 0.376 e. The fraction of sp³-hybridized carbons (Fsp3) is 0.647. The maximum Gasteiger partial charge on any atom is 0.0629 e. The van der Waals surface area contributed by atoms with Crippen LogP contribution in [0.4, 0.5) is 0 Å². The molecule has 1 unspecified atom stereocenters. The molecule has 0 aromatic heterocycles. The Morgan fingerprint density at radius 1 is 1.33 bits per heavy atom. The highest BCUT2D eigenvalue weighted by atomic mass is 16.5. The minimum Gasteiger partial charge on any atom is -0.376 e. The van der Waals surface area contributed by atoms with Crippen LogP contribution in [-0.2, 0) is 11.2 Å². The number of rotatable bonds is 3. The highest BCUT2D eigenvalue weighted by Gasteiger charge is 2.28.